The highest BCUT2D eigenvalue weighted by Crippen LogP contribution is 2.59. The van der Waals surface area contributed by atoms with Gasteiger partial charge in [0.05, 0.1) is 28.2 Å². The summed E-state index contributed by atoms with van der Waals surface area (Å²) in [5, 5.41) is 27.2. The number of carbonyl (C=O) groups excluding carboxylic acids is 3. The van der Waals surface area contributed by atoms with E-state index in [0.29, 0.717) is 12.1 Å². The molecule has 1 heterocycles. The maximum atomic E-state index is 13.5. The predicted octanol–water partition coefficient (Wildman–Crippen LogP) is 4.77. The molecule has 11 nitrogen and oxygen atoms in total. The summed E-state index contributed by atoms with van der Waals surface area (Å²) in [7, 11) is 0. The van der Waals surface area contributed by atoms with Crippen molar-refractivity contribution in [2.45, 2.75) is 44.4 Å². The fraction of sp³-hybridized carbons (Fsp3) is 0.382. The number of hydrogen-bond donors (Lipinski definition) is 5. The van der Waals surface area contributed by atoms with Gasteiger partial charge in [-0.25, -0.2) is 9.59 Å². The first-order valence-corrected chi connectivity index (χ1v) is 15.2. The first kappa shape index (κ1) is 30.1. The lowest BCUT2D eigenvalue weighted by Gasteiger charge is -2.56. The van der Waals surface area contributed by atoms with Gasteiger partial charge in [0.15, 0.2) is 0 Å². The van der Waals surface area contributed by atoms with Crippen LogP contribution in [0, 0.1) is 23.2 Å². The molecule has 5 N–H and O–H groups in total. The van der Waals surface area contributed by atoms with Crippen LogP contribution in [0.4, 0.5) is 5.69 Å². The average molecular weight is 614 g/mol. The van der Waals surface area contributed by atoms with Gasteiger partial charge in [-0.3, -0.25) is 14.4 Å². The van der Waals surface area contributed by atoms with Gasteiger partial charge < -0.3 is 30.6 Å². The number of aromatic carboxylic acids is 2. The van der Waals surface area contributed by atoms with Crippen LogP contribution in [0.15, 0.2) is 65.5 Å². The van der Waals surface area contributed by atoms with Crippen LogP contribution >= 0.6 is 0 Å². The fourth-order valence-corrected chi connectivity index (χ4v) is 8.03. The van der Waals surface area contributed by atoms with E-state index in [2.05, 4.69) is 16.0 Å². The van der Waals surface area contributed by atoms with Crippen LogP contribution in [0.25, 0.3) is 0 Å². The van der Waals surface area contributed by atoms with E-state index in [0.717, 1.165) is 55.2 Å². The molecule has 3 aromatic rings. The van der Waals surface area contributed by atoms with Gasteiger partial charge in [-0.05, 0) is 85.5 Å². The Hall–Kier alpha value is -4.93. The monoisotopic (exact) mass is 613 g/mol. The number of amides is 3. The van der Waals surface area contributed by atoms with E-state index in [4.69, 9.17) is 4.42 Å². The number of rotatable bonds is 11. The van der Waals surface area contributed by atoms with E-state index in [-0.39, 0.29) is 45.8 Å². The molecule has 45 heavy (non-hydrogen) atoms. The standard InChI is InChI=1S/C34H35N3O8/c38-29(27-16-45-17-28(27)30(39)36-18-34-12-19-6-20(13-34)8-21(7-19)14-34)35-15-26(22-4-2-1-3-5-22)31(40)37-25-10-23(32(41)42)9-24(11-25)33(43)44/h1-5,9-11,16-17,19-21,26H,6-8,12-15,18H2,(H,35,38)(H,36,39)(H,37,40)(H,41,42)(H,43,44). The molecule has 4 bridgehead atoms. The van der Waals surface area contributed by atoms with Crippen molar-refractivity contribution in [2.24, 2.45) is 23.2 Å². The van der Waals surface area contributed by atoms with Crippen molar-refractivity contribution >= 4 is 35.3 Å². The normalized spacial score (nSPS) is 23.6. The highest BCUT2D eigenvalue weighted by Gasteiger charge is 2.50. The average Bonchev–Trinajstić information content (AvgIpc) is 3.50. The van der Waals surface area contributed by atoms with Crippen molar-refractivity contribution in [3.8, 4) is 0 Å². The maximum Gasteiger partial charge on any atom is 0.335 e. The number of hydrogen-bond acceptors (Lipinski definition) is 6. The van der Waals surface area contributed by atoms with Crippen LogP contribution < -0.4 is 16.0 Å². The van der Waals surface area contributed by atoms with Crippen molar-refractivity contribution in [3.05, 3.63) is 88.9 Å². The molecular formula is C34H35N3O8. The molecule has 2 aromatic carbocycles. The summed E-state index contributed by atoms with van der Waals surface area (Å²) >= 11 is 0. The Balaban J connectivity index is 1.13. The van der Waals surface area contributed by atoms with E-state index in [1.165, 1.54) is 31.8 Å². The second-order valence-corrected chi connectivity index (χ2v) is 12.9. The molecule has 4 aliphatic rings. The zero-order valence-corrected chi connectivity index (χ0v) is 24.6. The Labute approximate surface area is 259 Å². The highest BCUT2D eigenvalue weighted by molar-refractivity contribution is 6.07. The molecule has 1 atom stereocenters. The highest BCUT2D eigenvalue weighted by atomic mass is 16.4. The number of furan rings is 1. The van der Waals surface area contributed by atoms with Crippen LogP contribution in [0.3, 0.4) is 0 Å². The largest absolute Gasteiger partial charge is 0.478 e. The van der Waals surface area contributed by atoms with Gasteiger partial charge in [0.2, 0.25) is 5.91 Å². The van der Waals surface area contributed by atoms with Crippen LogP contribution in [0.2, 0.25) is 0 Å². The Kier molecular flexibility index (Phi) is 8.18. The predicted molar refractivity (Wildman–Crippen MR) is 162 cm³/mol. The molecule has 4 saturated carbocycles. The number of carboxylic acids is 2. The van der Waals surface area contributed by atoms with Gasteiger partial charge in [0, 0.05) is 18.8 Å². The zero-order valence-electron chi connectivity index (χ0n) is 24.6. The smallest absolute Gasteiger partial charge is 0.335 e. The molecule has 234 valence electrons. The SMILES string of the molecule is O=C(O)c1cc(NC(=O)C(CNC(=O)c2cocc2C(=O)NCC23CC4CC(CC(C4)C2)C3)c2ccccc2)cc(C(=O)O)c1. The number of carboxylic acid groups (broad SMARTS) is 2. The summed E-state index contributed by atoms with van der Waals surface area (Å²) in [6, 6.07) is 12.0. The lowest BCUT2D eigenvalue weighted by molar-refractivity contribution is -0.117. The first-order chi connectivity index (χ1) is 21.6. The van der Waals surface area contributed by atoms with Gasteiger partial charge in [-0.2, -0.15) is 0 Å². The molecule has 0 aliphatic heterocycles. The van der Waals surface area contributed by atoms with Gasteiger partial charge in [0.25, 0.3) is 11.8 Å². The Morgan fingerprint density at radius 1 is 0.778 bits per heavy atom. The van der Waals surface area contributed by atoms with Crippen molar-refractivity contribution in [1.29, 1.82) is 0 Å². The van der Waals surface area contributed by atoms with Crippen molar-refractivity contribution < 1.29 is 38.6 Å². The molecule has 7 rings (SSSR count). The van der Waals surface area contributed by atoms with E-state index in [1.54, 1.807) is 30.3 Å². The Morgan fingerprint density at radius 3 is 1.84 bits per heavy atom. The molecule has 11 heteroatoms. The van der Waals surface area contributed by atoms with Gasteiger partial charge in [-0.1, -0.05) is 30.3 Å². The minimum absolute atomic E-state index is 0.0163. The quantitative estimate of drug-likeness (QED) is 0.205. The van der Waals surface area contributed by atoms with E-state index in [1.807, 2.05) is 0 Å². The second kappa shape index (κ2) is 12.2. The topological polar surface area (TPSA) is 175 Å². The van der Waals surface area contributed by atoms with Crippen LogP contribution in [0.5, 0.6) is 0 Å². The summed E-state index contributed by atoms with van der Waals surface area (Å²) in [6.45, 7) is 0.406. The summed E-state index contributed by atoms with van der Waals surface area (Å²) < 4.78 is 5.27. The van der Waals surface area contributed by atoms with E-state index < -0.39 is 29.7 Å². The van der Waals surface area contributed by atoms with Gasteiger partial charge in [0.1, 0.15) is 12.5 Å². The van der Waals surface area contributed by atoms with Crippen LogP contribution in [-0.2, 0) is 4.79 Å². The Bertz CT molecular complexity index is 1580. The first-order valence-electron chi connectivity index (χ1n) is 15.2. The van der Waals surface area contributed by atoms with E-state index in [9.17, 15) is 34.2 Å². The molecule has 0 saturated heterocycles. The molecule has 3 amide bonds. The third-order valence-electron chi connectivity index (χ3n) is 9.62. The molecule has 4 aliphatic carbocycles. The number of carbonyl (C=O) groups is 5. The summed E-state index contributed by atoms with van der Waals surface area (Å²) in [5.74, 6) is -2.96. The van der Waals surface area contributed by atoms with Crippen molar-refractivity contribution in [2.75, 3.05) is 18.4 Å². The fourth-order valence-electron chi connectivity index (χ4n) is 8.03. The number of nitrogens with one attached hydrogen (secondary N) is 3. The molecule has 1 unspecified atom stereocenters. The Morgan fingerprint density at radius 2 is 1.31 bits per heavy atom. The molecule has 0 radical (unpaired) electrons. The zero-order chi connectivity index (χ0) is 31.7. The molecule has 0 spiro atoms. The third kappa shape index (κ3) is 6.47. The lowest BCUT2D eigenvalue weighted by Crippen LogP contribution is -2.51. The van der Waals surface area contributed by atoms with Crippen molar-refractivity contribution in [1.82, 2.24) is 10.6 Å². The maximum absolute atomic E-state index is 13.5. The van der Waals surface area contributed by atoms with Gasteiger partial charge >= 0.3 is 11.9 Å². The van der Waals surface area contributed by atoms with Crippen LogP contribution in [0.1, 0.15) is 91.4 Å². The second-order valence-electron chi connectivity index (χ2n) is 12.9. The molecular weight excluding hydrogens is 578 g/mol. The summed E-state index contributed by atoms with van der Waals surface area (Å²) in [5.41, 5.74) is 0.228. The minimum Gasteiger partial charge on any atom is -0.478 e. The number of anilines is 1. The molecule has 4 fully saturated rings. The number of benzene rings is 2. The summed E-state index contributed by atoms with van der Waals surface area (Å²) in [6.07, 6.45) is 9.79. The van der Waals surface area contributed by atoms with E-state index >= 15 is 0 Å². The third-order valence-corrected chi connectivity index (χ3v) is 9.62. The molecule has 1 aromatic heterocycles. The van der Waals surface area contributed by atoms with Crippen LogP contribution in [-0.4, -0.2) is 53.0 Å². The van der Waals surface area contributed by atoms with Crippen molar-refractivity contribution in [3.63, 3.8) is 0 Å². The lowest BCUT2D eigenvalue weighted by atomic mass is 9.49. The van der Waals surface area contributed by atoms with Gasteiger partial charge in [-0.15, -0.1) is 0 Å². The minimum atomic E-state index is -1.35. The summed E-state index contributed by atoms with van der Waals surface area (Å²) in [4.78, 5) is 63.1.